The van der Waals surface area contributed by atoms with E-state index < -0.39 is 35.7 Å². The van der Waals surface area contributed by atoms with Crippen LogP contribution < -0.4 is 0 Å². The van der Waals surface area contributed by atoms with E-state index in [0.717, 1.165) is 12.1 Å². The fourth-order valence-electron chi connectivity index (χ4n) is 2.42. The van der Waals surface area contributed by atoms with Crippen LogP contribution in [0.5, 0.6) is 0 Å². The van der Waals surface area contributed by atoms with E-state index in [-0.39, 0.29) is 6.61 Å². The summed E-state index contributed by atoms with van der Waals surface area (Å²) in [6.45, 7) is 1.64. The van der Waals surface area contributed by atoms with Gasteiger partial charge in [0, 0.05) is 0 Å². The third-order valence-corrected chi connectivity index (χ3v) is 3.47. The first-order valence-electron chi connectivity index (χ1n) is 6.30. The molecule has 1 amide bonds. The molecule has 0 spiro atoms. The summed E-state index contributed by atoms with van der Waals surface area (Å²) in [5.41, 5.74) is 0.718. The number of hydrogen-bond acceptors (Lipinski definition) is 4. The van der Waals surface area contributed by atoms with Gasteiger partial charge in [0.15, 0.2) is 11.6 Å². The van der Waals surface area contributed by atoms with Crippen molar-refractivity contribution in [1.29, 1.82) is 0 Å². The van der Waals surface area contributed by atoms with E-state index >= 15 is 0 Å². The number of rotatable bonds is 1. The third-order valence-electron chi connectivity index (χ3n) is 3.47. The molecule has 110 valence electrons. The zero-order chi connectivity index (χ0) is 15.1. The van der Waals surface area contributed by atoms with Gasteiger partial charge in [0.2, 0.25) is 0 Å². The van der Waals surface area contributed by atoms with E-state index in [2.05, 4.69) is 0 Å². The summed E-state index contributed by atoms with van der Waals surface area (Å²) in [6.07, 6.45) is 0.689. The molecule has 1 fully saturated rings. The van der Waals surface area contributed by atoms with E-state index in [1.807, 2.05) is 0 Å². The van der Waals surface area contributed by atoms with E-state index in [0.29, 0.717) is 11.3 Å². The van der Waals surface area contributed by atoms with Crippen molar-refractivity contribution < 1.29 is 27.8 Å². The molecule has 1 aromatic carbocycles. The smallest absolute Gasteiger partial charge is 0.398 e. The second-order valence-corrected chi connectivity index (χ2v) is 4.79. The predicted octanol–water partition coefficient (Wildman–Crippen LogP) is 1.65. The van der Waals surface area contributed by atoms with Gasteiger partial charge >= 0.3 is 11.9 Å². The maximum Gasteiger partial charge on any atom is 0.398 e. The third kappa shape index (κ3) is 2.14. The Morgan fingerprint density at radius 3 is 2.71 bits per heavy atom. The van der Waals surface area contributed by atoms with Crippen LogP contribution in [-0.4, -0.2) is 29.5 Å². The average molecular weight is 295 g/mol. The minimum Gasteiger partial charge on any atom is -0.497 e. The highest BCUT2D eigenvalue weighted by Gasteiger charge is 2.43. The quantitative estimate of drug-likeness (QED) is 0.584. The molecule has 0 bridgehead atoms. The van der Waals surface area contributed by atoms with Crippen LogP contribution in [0, 0.1) is 11.6 Å². The van der Waals surface area contributed by atoms with Crippen molar-refractivity contribution in [2.75, 3.05) is 6.61 Å². The standard InChI is InChI=1S/C14H11F2NO4/c1-7-11-5-20-6-12(17(11)13(18)14(19)21-7)8-2-3-9(15)10(16)4-8/h2-5,7,12H,6H2,1H3/t7-,12-/m0/s1. The first-order chi connectivity index (χ1) is 9.99. The first-order valence-corrected chi connectivity index (χ1v) is 6.30. The van der Waals surface area contributed by atoms with Crippen LogP contribution in [0.4, 0.5) is 8.78 Å². The Kier molecular flexibility index (Phi) is 3.12. The predicted molar refractivity (Wildman–Crippen MR) is 65.5 cm³/mol. The molecule has 2 heterocycles. The summed E-state index contributed by atoms with van der Waals surface area (Å²) in [4.78, 5) is 24.8. The Hall–Kier alpha value is -2.44. The SMILES string of the molecule is C[C@@H]1OC(=O)C(=O)N2C1=COC[C@H]2c1ccc(F)c(F)c1. The lowest BCUT2D eigenvalue weighted by molar-refractivity contribution is -0.171. The average Bonchev–Trinajstić information content (AvgIpc) is 2.47. The molecule has 0 N–H and O–H groups in total. The zero-order valence-electron chi connectivity index (χ0n) is 11.0. The summed E-state index contributed by atoms with van der Waals surface area (Å²) >= 11 is 0. The van der Waals surface area contributed by atoms with Gasteiger partial charge in [0.25, 0.3) is 0 Å². The maximum atomic E-state index is 13.4. The number of carbonyl (C=O) groups excluding carboxylic acids is 2. The number of morpholine rings is 1. The summed E-state index contributed by atoms with van der Waals surface area (Å²) in [5.74, 6) is -3.83. The number of halogens is 2. The molecule has 0 aromatic heterocycles. The fraction of sp³-hybridized carbons (Fsp3) is 0.286. The van der Waals surface area contributed by atoms with Crippen molar-refractivity contribution in [3.05, 3.63) is 47.4 Å². The fourth-order valence-corrected chi connectivity index (χ4v) is 2.42. The van der Waals surface area contributed by atoms with Crippen LogP contribution >= 0.6 is 0 Å². The van der Waals surface area contributed by atoms with E-state index in [1.165, 1.54) is 17.2 Å². The summed E-state index contributed by atoms with van der Waals surface area (Å²) < 4.78 is 36.6. The highest BCUT2D eigenvalue weighted by atomic mass is 19.2. The summed E-state index contributed by atoms with van der Waals surface area (Å²) in [6, 6.07) is 2.61. The van der Waals surface area contributed by atoms with Crippen molar-refractivity contribution in [2.24, 2.45) is 0 Å². The largest absolute Gasteiger partial charge is 0.497 e. The van der Waals surface area contributed by atoms with Gasteiger partial charge in [-0.3, -0.25) is 9.69 Å². The molecule has 0 radical (unpaired) electrons. The Labute approximate surface area is 118 Å². The molecule has 2 atom stereocenters. The van der Waals surface area contributed by atoms with E-state index in [9.17, 15) is 18.4 Å². The zero-order valence-corrected chi connectivity index (χ0v) is 11.0. The highest BCUT2D eigenvalue weighted by Crippen LogP contribution is 2.34. The topological polar surface area (TPSA) is 55.8 Å². The molecule has 5 nitrogen and oxygen atoms in total. The molecule has 0 unspecified atom stereocenters. The molecule has 0 saturated carbocycles. The van der Waals surface area contributed by atoms with Gasteiger partial charge in [-0.1, -0.05) is 6.07 Å². The molecule has 1 saturated heterocycles. The Bertz CT molecular complexity index is 658. The number of hydrogen-bond donors (Lipinski definition) is 0. The minimum atomic E-state index is -1.02. The van der Waals surface area contributed by atoms with Crippen LogP contribution in [0.1, 0.15) is 18.5 Å². The van der Waals surface area contributed by atoms with Gasteiger partial charge in [0.1, 0.15) is 19.0 Å². The lowest BCUT2D eigenvalue weighted by atomic mass is 10.0. The lowest BCUT2D eigenvalue weighted by Crippen LogP contribution is -2.51. The monoisotopic (exact) mass is 295 g/mol. The van der Waals surface area contributed by atoms with Crippen molar-refractivity contribution in [2.45, 2.75) is 19.1 Å². The Morgan fingerprint density at radius 1 is 1.24 bits per heavy atom. The van der Waals surface area contributed by atoms with Crippen LogP contribution in [-0.2, 0) is 19.1 Å². The van der Waals surface area contributed by atoms with Crippen molar-refractivity contribution >= 4 is 11.9 Å². The molecule has 21 heavy (non-hydrogen) atoms. The highest BCUT2D eigenvalue weighted by molar-refractivity contribution is 6.33. The van der Waals surface area contributed by atoms with Crippen LogP contribution in [0.15, 0.2) is 30.2 Å². The summed E-state index contributed by atoms with van der Waals surface area (Å²) in [5, 5.41) is 0. The molecule has 2 aliphatic rings. The first kappa shape index (κ1) is 13.5. The Morgan fingerprint density at radius 2 is 2.00 bits per heavy atom. The number of amides is 1. The molecular weight excluding hydrogens is 284 g/mol. The molecule has 0 aliphatic carbocycles. The second kappa shape index (κ2) is 4.83. The summed E-state index contributed by atoms with van der Waals surface area (Å²) in [7, 11) is 0. The van der Waals surface area contributed by atoms with Gasteiger partial charge in [0.05, 0.1) is 11.7 Å². The van der Waals surface area contributed by atoms with Gasteiger partial charge in [-0.2, -0.15) is 0 Å². The number of nitrogens with zero attached hydrogens (tertiary/aromatic N) is 1. The van der Waals surface area contributed by atoms with Crippen molar-refractivity contribution in [1.82, 2.24) is 4.90 Å². The second-order valence-electron chi connectivity index (χ2n) is 4.79. The molecule has 2 aliphatic heterocycles. The normalized spacial score (nSPS) is 24.9. The van der Waals surface area contributed by atoms with Gasteiger partial charge < -0.3 is 9.47 Å². The molecule has 3 rings (SSSR count). The minimum absolute atomic E-state index is 0.0420. The number of cyclic esters (lactones) is 1. The van der Waals surface area contributed by atoms with Crippen molar-refractivity contribution in [3.63, 3.8) is 0 Å². The van der Waals surface area contributed by atoms with Gasteiger partial charge in [-0.05, 0) is 24.6 Å². The number of ether oxygens (including phenoxy) is 2. The van der Waals surface area contributed by atoms with Crippen LogP contribution in [0.3, 0.4) is 0 Å². The number of esters is 1. The van der Waals surface area contributed by atoms with Crippen molar-refractivity contribution in [3.8, 4) is 0 Å². The van der Waals surface area contributed by atoms with Crippen LogP contribution in [0.25, 0.3) is 0 Å². The van der Waals surface area contributed by atoms with E-state index in [1.54, 1.807) is 6.92 Å². The Balaban J connectivity index is 2.03. The molecule has 1 aromatic rings. The molecular formula is C14H11F2NO4. The van der Waals surface area contributed by atoms with Gasteiger partial charge in [-0.15, -0.1) is 0 Å². The maximum absolute atomic E-state index is 13.4. The van der Waals surface area contributed by atoms with Gasteiger partial charge in [-0.25, -0.2) is 13.6 Å². The van der Waals surface area contributed by atoms with E-state index in [4.69, 9.17) is 9.47 Å². The van der Waals surface area contributed by atoms with Crippen LogP contribution in [0.2, 0.25) is 0 Å². The molecule has 7 heteroatoms. The number of benzene rings is 1. The number of fused-ring (bicyclic) bond motifs is 1. The lowest BCUT2D eigenvalue weighted by Gasteiger charge is -2.40. The number of carbonyl (C=O) groups is 2.